The van der Waals surface area contributed by atoms with Crippen LogP contribution in [0.2, 0.25) is 0 Å². The fourth-order valence-corrected chi connectivity index (χ4v) is 3.84. The standard InChI is InChI=1S/C18H19BrF2N2O4S/c1-23(11-12-3-6-16(20)17(21)9-12)18(24)14-10-13(4-5-15(14)19)28(25,26)22-7-8-27-2/h3-6,9-10,22H,7-8,11H2,1-2H3. The highest BCUT2D eigenvalue weighted by Gasteiger charge is 2.21. The van der Waals surface area contributed by atoms with Crippen LogP contribution in [0.4, 0.5) is 8.78 Å². The van der Waals surface area contributed by atoms with Gasteiger partial charge in [0.15, 0.2) is 11.6 Å². The molecule has 0 saturated heterocycles. The molecule has 0 aliphatic rings. The topological polar surface area (TPSA) is 75.7 Å². The summed E-state index contributed by atoms with van der Waals surface area (Å²) in [4.78, 5) is 14.0. The van der Waals surface area contributed by atoms with E-state index >= 15 is 0 Å². The first kappa shape index (κ1) is 22.4. The summed E-state index contributed by atoms with van der Waals surface area (Å²) in [6.45, 7) is 0.318. The number of hydrogen-bond acceptors (Lipinski definition) is 4. The minimum Gasteiger partial charge on any atom is -0.383 e. The molecule has 1 amide bonds. The zero-order valence-corrected chi connectivity index (χ0v) is 17.6. The van der Waals surface area contributed by atoms with Gasteiger partial charge in [0.05, 0.1) is 17.1 Å². The van der Waals surface area contributed by atoms with E-state index in [0.29, 0.717) is 10.0 Å². The lowest BCUT2D eigenvalue weighted by Gasteiger charge is -2.19. The van der Waals surface area contributed by atoms with E-state index in [1.807, 2.05) is 0 Å². The van der Waals surface area contributed by atoms with Gasteiger partial charge < -0.3 is 9.64 Å². The number of rotatable bonds is 8. The molecule has 0 fully saturated rings. The highest BCUT2D eigenvalue weighted by atomic mass is 79.9. The molecule has 0 unspecified atom stereocenters. The van der Waals surface area contributed by atoms with E-state index in [9.17, 15) is 22.0 Å². The van der Waals surface area contributed by atoms with Gasteiger partial charge in [0, 0.05) is 31.7 Å². The molecule has 0 bridgehead atoms. The van der Waals surface area contributed by atoms with Gasteiger partial charge in [-0.25, -0.2) is 21.9 Å². The van der Waals surface area contributed by atoms with Crippen LogP contribution in [0.15, 0.2) is 45.8 Å². The molecule has 0 radical (unpaired) electrons. The number of sulfonamides is 1. The summed E-state index contributed by atoms with van der Waals surface area (Å²) in [5, 5.41) is 0. The molecule has 1 N–H and O–H groups in total. The summed E-state index contributed by atoms with van der Waals surface area (Å²) in [6.07, 6.45) is 0. The number of benzene rings is 2. The Hall–Kier alpha value is -1.88. The summed E-state index contributed by atoms with van der Waals surface area (Å²) in [5.74, 6) is -2.46. The van der Waals surface area contributed by atoms with Crippen LogP contribution in [0, 0.1) is 11.6 Å². The van der Waals surface area contributed by atoms with Crippen molar-refractivity contribution in [2.45, 2.75) is 11.4 Å². The van der Waals surface area contributed by atoms with E-state index in [0.717, 1.165) is 12.1 Å². The number of methoxy groups -OCH3 is 1. The van der Waals surface area contributed by atoms with E-state index in [1.165, 1.54) is 43.3 Å². The SMILES string of the molecule is COCCNS(=O)(=O)c1ccc(Br)c(C(=O)N(C)Cc2ccc(F)c(F)c2)c1. The van der Waals surface area contributed by atoms with Crippen molar-refractivity contribution >= 4 is 31.9 Å². The van der Waals surface area contributed by atoms with Crippen LogP contribution in [0.1, 0.15) is 15.9 Å². The van der Waals surface area contributed by atoms with Crippen molar-refractivity contribution in [2.75, 3.05) is 27.3 Å². The van der Waals surface area contributed by atoms with E-state index in [4.69, 9.17) is 4.74 Å². The third-order valence-electron chi connectivity index (χ3n) is 3.83. The Morgan fingerprint density at radius 3 is 2.54 bits per heavy atom. The van der Waals surface area contributed by atoms with Crippen LogP contribution in [0.3, 0.4) is 0 Å². The first-order valence-corrected chi connectivity index (χ1v) is 10.4. The molecule has 0 saturated carbocycles. The van der Waals surface area contributed by atoms with Crippen molar-refractivity contribution in [1.82, 2.24) is 9.62 Å². The van der Waals surface area contributed by atoms with E-state index < -0.39 is 27.6 Å². The fourth-order valence-electron chi connectivity index (χ4n) is 2.39. The number of amides is 1. The Morgan fingerprint density at radius 1 is 1.18 bits per heavy atom. The molecule has 2 rings (SSSR count). The average molecular weight is 477 g/mol. The third kappa shape index (κ3) is 5.57. The number of halogens is 3. The number of hydrogen-bond donors (Lipinski definition) is 1. The summed E-state index contributed by atoms with van der Waals surface area (Å²) < 4.78 is 58.7. The van der Waals surface area contributed by atoms with Gasteiger partial charge in [-0.15, -0.1) is 0 Å². The molecule has 0 aromatic heterocycles. The molecular formula is C18H19BrF2N2O4S. The zero-order valence-electron chi connectivity index (χ0n) is 15.2. The van der Waals surface area contributed by atoms with Crippen molar-refractivity contribution < 1.29 is 26.7 Å². The summed E-state index contributed by atoms with van der Waals surface area (Å²) in [7, 11) is -0.881. The maximum Gasteiger partial charge on any atom is 0.255 e. The van der Waals surface area contributed by atoms with Gasteiger partial charge in [-0.1, -0.05) is 6.07 Å². The monoisotopic (exact) mass is 476 g/mol. The quantitative estimate of drug-likeness (QED) is 0.594. The molecular weight excluding hydrogens is 458 g/mol. The molecule has 0 atom stereocenters. The normalized spacial score (nSPS) is 11.5. The molecule has 6 nitrogen and oxygen atoms in total. The third-order valence-corrected chi connectivity index (χ3v) is 5.98. The second-order valence-electron chi connectivity index (χ2n) is 5.94. The molecule has 0 heterocycles. The Morgan fingerprint density at radius 2 is 1.89 bits per heavy atom. The van der Waals surface area contributed by atoms with Crippen molar-refractivity contribution in [1.29, 1.82) is 0 Å². The van der Waals surface area contributed by atoms with Gasteiger partial charge in [-0.05, 0) is 51.8 Å². The zero-order chi connectivity index (χ0) is 20.9. The van der Waals surface area contributed by atoms with Crippen LogP contribution in [-0.2, 0) is 21.3 Å². The van der Waals surface area contributed by atoms with Gasteiger partial charge in [0.1, 0.15) is 0 Å². The lowest BCUT2D eigenvalue weighted by atomic mass is 10.1. The average Bonchev–Trinajstić information content (AvgIpc) is 2.64. The van der Waals surface area contributed by atoms with Crippen LogP contribution in [0.5, 0.6) is 0 Å². The summed E-state index contributed by atoms with van der Waals surface area (Å²) in [5.41, 5.74) is 0.524. The van der Waals surface area contributed by atoms with Crippen LogP contribution < -0.4 is 4.72 Å². The first-order valence-electron chi connectivity index (χ1n) is 8.13. The van der Waals surface area contributed by atoms with E-state index in [1.54, 1.807) is 0 Å². The number of carbonyl (C=O) groups is 1. The van der Waals surface area contributed by atoms with Gasteiger partial charge in [-0.3, -0.25) is 4.79 Å². The van der Waals surface area contributed by atoms with Crippen molar-refractivity contribution in [3.8, 4) is 0 Å². The smallest absolute Gasteiger partial charge is 0.255 e. The predicted molar refractivity (Wildman–Crippen MR) is 103 cm³/mol. The fraction of sp³-hybridized carbons (Fsp3) is 0.278. The van der Waals surface area contributed by atoms with Gasteiger partial charge in [0.25, 0.3) is 5.91 Å². The maximum absolute atomic E-state index is 13.4. The molecule has 28 heavy (non-hydrogen) atoms. The number of carbonyl (C=O) groups excluding carboxylic acids is 1. The Labute approximate surface area is 170 Å². The van der Waals surface area contributed by atoms with Crippen molar-refractivity contribution in [2.24, 2.45) is 0 Å². The van der Waals surface area contributed by atoms with Crippen LogP contribution in [-0.4, -0.2) is 46.5 Å². The molecule has 0 aliphatic carbocycles. The van der Waals surface area contributed by atoms with Crippen molar-refractivity contribution in [3.05, 3.63) is 63.6 Å². The number of nitrogens with zero attached hydrogens (tertiary/aromatic N) is 1. The first-order chi connectivity index (χ1) is 13.2. The molecule has 152 valence electrons. The maximum atomic E-state index is 13.4. The van der Waals surface area contributed by atoms with Gasteiger partial charge in [0.2, 0.25) is 10.0 Å². The number of ether oxygens (including phenoxy) is 1. The highest BCUT2D eigenvalue weighted by molar-refractivity contribution is 9.10. The minimum absolute atomic E-state index is 0.0194. The molecule has 2 aromatic rings. The minimum atomic E-state index is -3.81. The molecule has 0 spiro atoms. The second-order valence-corrected chi connectivity index (χ2v) is 8.56. The summed E-state index contributed by atoms with van der Waals surface area (Å²) in [6, 6.07) is 7.45. The highest BCUT2D eigenvalue weighted by Crippen LogP contribution is 2.23. The van der Waals surface area contributed by atoms with E-state index in [-0.39, 0.29) is 30.2 Å². The lowest BCUT2D eigenvalue weighted by molar-refractivity contribution is 0.0783. The van der Waals surface area contributed by atoms with Crippen LogP contribution in [0.25, 0.3) is 0 Å². The van der Waals surface area contributed by atoms with Crippen LogP contribution >= 0.6 is 15.9 Å². The largest absolute Gasteiger partial charge is 0.383 e. The second kappa shape index (κ2) is 9.55. The predicted octanol–water partition coefficient (Wildman–Crippen LogP) is 2.92. The lowest BCUT2D eigenvalue weighted by Crippen LogP contribution is -2.29. The number of nitrogens with one attached hydrogen (secondary N) is 1. The summed E-state index contributed by atoms with van der Waals surface area (Å²) >= 11 is 3.24. The Bertz CT molecular complexity index is 970. The van der Waals surface area contributed by atoms with Gasteiger partial charge >= 0.3 is 0 Å². The van der Waals surface area contributed by atoms with Gasteiger partial charge in [-0.2, -0.15) is 0 Å². The molecule has 0 aliphatic heterocycles. The van der Waals surface area contributed by atoms with Crippen molar-refractivity contribution in [3.63, 3.8) is 0 Å². The molecule has 2 aromatic carbocycles. The molecule has 10 heteroatoms. The Kier molecular flexibility index (Phi) is 7.64. The van der Waals surface area contributed by atoms with E-state index in [2.05, 4.69) is 20.7 Å². The Balaban J connectivity index is 2.23.